The van der Waals surface area contributed by atoms with Gasteiger partial charge in [0, 0.05) is 32.5 Å². The van der Waals surface area contributed by atoms with Gasteiger partial charge in [-0.25, -0.2) is 8.42 Å². The minimum atomic E-state index is -3.65. The molecule has 8 nitrogen and oxygen atoms in total. The summed E-state index contributed by atoms with van der Waals surface area (Å²) in [5.41, 5.74) is 1.80. The smallest absolute Gasteiger partial charge is 0.243 e. The predicted octanol–water partition coefficient (Wildman–Crippen LogP) is 1.87. The van der Waals surface area contributed by atoms with Crippen LogP contribution in [0.5, 0.6) is 0 Å². The first kappa shape index (κ1) is 21.0. The van der Waals surface area contributed by atoms with E-state index in [-0.39, 0.29) is 36.4 Å². The Morgan fingerprint density at radius 2 is 1.93 bits per heavy atom. The quantitative estimate of drug-likeness (QED) is 0.752. The number of hydrogen-bond acceptors (Lipinski definition) is 5. The van der Waals surface area contributed by atoms with Gasteiger partial charge in [0.1, 0.15) is 0 Å². The maximum atomic E-state index is 13.2. The Morgan fingerprint density at radius 1 is 1.20 bits per heavy atom. The first-order valence-electron chi connectivity index (χ1n) is 10.4. The lowest BCUT2D eigenvalue weighted by molar-refractivity contribution is -0.122. The third kappa shape index (κ3) is 4.58. The lowest BCUT2D eigenvalue weighted by Gasteiger charge is -2.33. The molecule has 2 aliphatic rings. The number of rotatable bonds is 6. The predicted molar refractivity (Wildman–Crippen MR) is 111 cm³/mol. The number of carbonyl (C=O) groups is 1. The van der Waals surface area contributed by atoms with Crippen LogP contribution in [0.2, 0.25) is 0 Å². The van der Waals surface area contributed by atoms with E-state index in [1.807, 2.05) is 13.0 Å². The molecule has 4 rings (SSSR count). The lowest BCUT2D eigenvalue weighted by atomic mass is 10.0. The first-order chi connectivity index (χ1) is 14.4. The minimum absolute atomic E-state index is 0.0810. The van der Waals surface area contributed by atoms with E-state index < -0.39 is 10.0 Å². The summed E-state index contributed by atoms with van der Waals surface area (Å²) in [6, 6.07) is 8.32. The molecule has 30 heavy (non-hydrogen) atoms. The Hall–Kier alpha value is -2.23. The van der Waals surface area contributed by atoms with Crippen LogP contribution in [0.3, 0.4) is 0 Å². The lowest BCUT2D eigenvalue weighted by Crippen LogP contribution is -2.43. The van der Waals surface area contributed by atoms with Gasteiger partial charge >= 0.3 is 0 Å². The number of fused-ring (bicyclic) bond motifs is 1. The number of carbonyl (C=O) groups excluding carboxylic acids is 1. The van der Waals surface area contributed by atoms with Crippen molar-refractivity contribution in [3.8, 4) is 0 Å². The summed E-state index contributed by atoms with van der Waals surface area (Å²) in [6.07, 6.45) is 3.76. The first-order valence-corrected chi connectivity index (χ1v) is 11.8. The molecule has 1 N–H and O–H groups in total. The zero-order chi connectivity index (χ0) is 21.1. The summed E-state index contributed by atoms with van der Waals surface area (Å²) in [6.45, 7) is 4.50. The number of nitrogens with zero attached hydrogens (tertiary/aromatic N) is 3. The molecule has 1 fully saturated rings. The van der Waals surface area contributed by atoms with Crippen LogP contribution < -0.4 is 5.32 Å². The van der Waals surface area contributed by atoms with Crippen molar-refractivity contribution in [2.24, 2.45) is 5.92 Å². The van der Waals surface area contributed by atoms with Gasteiger partial charge in [0.15, 0.2) is 0 Å². The zero-order valence-corrected chi connectivity index (χ0v) is 18.0. The molecular weight excluding hydrogens is 404 g/mol. The Balaban J connectivity index is 1.45. The highest BCUT2D eigenvalue weighted by molar-refractivity contribution is 7.89. The van der Waals surface area contributed by atoms with Gasteiger partial charge in [-0.2, -0.15) is 9.40 Å². The van der Waals surface area contributed by atoms with Crippen molar-refractivity contribution >= 4 is 15.9 Å². The summed E-state index contributed by atoms with van der Waals surface area (Å²) in [5.74, 6) is 0.357. The van der Waals surface area contributed by atoms with E-state index in [0.29, 0.717) is 12.5 Å². The highest BCUT2D eigenvalue weighted by Gasteiger charge is 2.34. The second kappa shape index (κ2) is 8.87. The fraction of sp³-hybridized carbons (Fsp3) is 0.524. The number of benzene rings is 1. The number of ether oxygens (including phenoxy) is 1. The fourth-order valence-electron chi connectivity index (χ4n) is 4.04. The van der Waals surface area contributed by atoms with Crippen molar-refractivity contribution < 1.29 is 17.9 Å². The van der Waals surface area contributed by atoms with Crippen LogP contribution in [-0.4, -0.2) is 54.7 Å². The van der Waals surface area contributed by atoms with Crippen LogP contribution in [0.4, 0.5) is 0 Å². The Labute approximate surface area is 177 Å². The monoisotopic (exact) mass is 432 g/mol. The molecule has 3 heterocycles. The standard InChI is InChI=1S/C21H28N4O4S/c1-16-2-4-20(5-3-16)30(27,28)24-14-18-6-9-23-25(18)19(15-24)12-21(26)22-13-17-7-10-29-11-8-17/h2-6,9,17,19H,7-8,10-15H2,1H3,(H,22,26)/t19-/m0/s1. The van der Waals surface area contributed by atoms with Gasteiger partial charge in [0.2, 0.25) is 15.9 Å². The van der Waals surface area contributed by atoms with Crippen molar-refractivity contribution in [3.63, 3.8) is 0 Å². The maximum absolute atomic E-state index is 13.2. The van der Waals surface area contributed by atoms with Crippen LogP contribution in [0, 0.1) is 12.8 Å². The average molecular weight is 433 g/mol. The number of nitrogens with one attached hydrogen (secondary N) is 1. The van der Waals surface area contributed by atoms with E-state index in [1.165, 1.54) is 4.31 Å². The number of amides is 1. The third-order valence-electron chi connectivity index (χ3n) is 5.86. The topological polar surface area (TPSA) is 93.5 Å². The molecule has 0 saturated carbocycles. The van der Waals surface area contributed by atoms with Crippen LogP contribution in [0.1, 0.15) is 36.6 Å². The van der Waals surface area contributed by atoms with Gasteiger partial charge in [-0.05, 0) is 43.9 Å². The molecule has 1 saturated heterocycles. The van der Waals surface area contributed by atoms with E-state index >= 15 is 0 Å². The molecule has 0 unspecified atom stereocenters. The Morgan fingerprint density at radius 3 is 2.67 bits per heavy atom. The van der Waals surface area contributed by atoms with E-state index in [2.05, 4.69) is 10.4 Å². The molecule has 0 bridgehead atoms. The fourth-order valence-corrected chi connectivity index (χ4v) is 5.49. The summed E-state index contributed by atoms with van der Waals surface area (Å²) >= 11 is 0. The largest absolute Gasteiger partial charge is 0.381 e. The van der Waals surface area contributed by atoms with Crippen LogP contribution >= 0.6 is 0 Å². The Bertz CT molecular complexity index is 981. The molecule has 1 aromatic carbocycles. The van der Waals surface area contributed by atoms with Crippen molar-refractivity contribution in [1.82, 2.24) is 19.4 Å². The minimum Gasteiger partial charge on any atom is -0.381 e. The number of aryl methyl sites for hydroxylation is 1. The van der Waals surface area contributed by atoms with Crippen molar-refractivity contribution in [1.29, 1.82) is 0 Å². The highest BCUT2D eigenvalue weighted by Crippen LogP contribution is 2.28. The van der Waals surface area contributed by atoms with Crippen molar-refractivity contribution in [2.75, 3.05) is 26.3 Å². The Kier molecular flexibility index (Phi) is 6.21. The van der Waals surface area contributed by atoms with Crippen LogP contribution in [0.25, 0.3) is 0 Å². The van der Waals surface area contributed by atoms with Gasteiger partial charge in [0.05, 0.1) is 29.6 Å². The molecule has 9 heteroatoms. The summed E-state index contributed by atoms with van der Waals surface area (Å²) in [7, 11) is -3.65. The second-order valence-electron chi connectivity index (χ2n) is 8.10. The summed E-state index contributed by atoms with van der Waals surface area (Å²) < 4.78 is 34.9. The molecule has 1 amide bonds. The van der Waals surface area contributed by atoms with E-state index in [1.54, 1.807) is 35.1 Å². The third-order valence-corrected chi connectivity index (χ3v) is 7.69. The van der Waals surface area contributed by atoms with E-state index in [0.717, 1.165) is 37.3 Å². The second-order valence-corrected chi connectivity index (χ2v) is 10.0. The van der Waals surface area contributed by atoms with Gasteiger partial charge in [-0.1, -0.05) is 17.7 Å². The van der Waals surface area contributed by atoms with Crippen molar-refractivity contribution in [3.05, 3.63) is 47.8 Å². The molecule has 2 aromatic rings. The normalized spacial score (nSPS) is 20.6. The zero-order valence-electron chi connectivity index (χ0n) is 17.2. The highest BCUT2D eigenvalue weighted by atomic mass is 32.2. The summed E-state index contributed by atoms with van der Waals surface area (Å²) in [4.78, 5) is 12.9. The summed E-state index contributed by atoms with van der Waals surface area (Å²) in [5, 5.41) is 7.35. The molecule has 0 aliphatic carbocycles. The number of sulfonamides is 1. The van der Waals surface area contributed by atoms with Gasteiger partial charge in [0.25, 0.3) is 0 Å². The SMILES string of the molecule is Cc1ccc(S(=O)(=O)N2Cc3ccnn3[C@@H](CC(=O)NCC3CCOCC3)C2)cc1. The molecule has 2 aliphatic heterocycles. The molecule has 162 valence electrons. The number of hydrogen-bond donors (Lipinski definition) is 1. The van der Waals surface area contributed by atoms with Gasteiger partial charge in [-0.3, -0.25) is 9.48 Å². The molecular formula is C21H28N4O4S. The van der Waals surface area contributed by atoms with E-state index in [4.69, 9.17) is 4.74 Å². The molecule has 1 atom stereocenters. The van der Waals surface area contributed by atoms with Crippen molar-refractivity contribution in [2.45, 2.75) is 43.7 Å². The average Bonchev–Trinajstić information content (AvgIpc) is 3.22. The van der Waals surface area contributed by atoms with Gasteiger partial charge in [-0.15, -0.1) is 0 Å². The van der Waals surface area contributed by atoms with E-state index in [9.17, 15) is 13.2 Å². The maximum Gasteiger partial charge on any atom is 0.243 e. The molecule has 0 spiro atoms. The van der Waals surface area contributed by atoms with Gasteiger partial charge < -0.3 is 10.1 Å². The molecule has 0 radical (unpaired) electrons. The molecule has 1 aromatic heterocycles. The van der Waals surface area contributed by atoms with Crippen LogP contribution in [0.15, 0.2) is 41.4 Å². The number of aromatic nitrogens is 2. The van der Waals surface area contributed by atoms with Crippen LogP contribution in [-0.2, 0) is 26.1 Å².